The summed E-state index contributed by atoms with van der Waals surface area (Å²) in [5, 5.41) is 11.7. The Labute approximate surface area is 101 Å². The van der Waals surface area contributed by atoms with Crippen molar-refractivity contribution in [2.75, 3.05) is 6.61 Å². The summed E-state index contributed by atoms with van der Waals surface area (Å²) in [5.41, 5.74) is 0. The summed E-state index contributed by atoms with van der Waals surface area (Å²) in [4.78, 5) is 15.7. The molecule has 1 aromatic rings. The van der Waals surface area contributed by atoms with Crippen LogP contribution >= 0.6 is 0 Å². The van der Waals surface area contributed by atoms with Gasteiger partial charge in [0.05, 0.1) is 12.4 Å². The van der Waals surface area contributed by atoms with Crippen LogP contribution in [0.15, 0.2) is 18.7 Å². The molecule has 1 aliphatic rings. The smallest absolute Gasteiger partial charge is 0.220 e. The van der Waals surface area contributed by atoms with Gasteiger partial charge in [-0.2, -0.15) is 0 Å². The van der Waals surface area contributed by atoms with Crippen LogP contribution < -0.4 is 5.32 Å². The van der Waals surface area contributed by atoms with Gasteiger partial charge in [0.2, 0.25) is 5.91 Å². The van der Waals surface area contributed by atoms with Crippen LogP contribution in [0.4, 0.5) is 0 Å². The number of nitrogens with zero attached hydrogens (tertiary/aromatic N) is 2. The third kappa shape index (κ3) is 3.06. The Bertz CT molecular complexity index is 351. The average molecular weight is 237 g/mol. The zero-order chi connectivity index (χ0) is 12.1. The van der Waals surface area contributed by atoms with Crippen LogP contribution in [0.5, 0.6) is 0 Å². The van der Waals surface area contributed by atoms with Gasteiger partial charge >= 0.3 is 0 Å². The molecule has 1 aromatic heterocycles. The number of imidazole rings is 1. The van der Waals surface area contributed by atoms with E-state index in [1.54, 1.807) is 6.20 Å². The third-order valence-corrected chi connectivity index (χ3v) is 3.30. The summed E-state index contributed by atoms with van der Waals surface area (Å²) in [7, 11) is 0. The molecule has 0 aliphatic heterocycles. The predicted octanol–water partition coefficient (Wildman–Crippen LogP) is 0.865. The Balaban J connectivity index is 1.89. The van der Waals surface area contributed by atoms with Crippen LogP contribution in [-0.2, 0) is 4.79 Å². The molecule has 0 spiro atoms. The molecule has 0 radical (unpaired) electrons. The second-order valence-corrected chi connectivity index (χ2v) is 4.51. The number of carbonyl (C=O) groups is 1. The Morgan fingerprint density at radius 2 is 2.41 bits per heavy atom. The van der Waals surface area contributed by atoms with Crippen molar-refractivity contribution in [2.24, 2.45) is 0 Å². The quantitative estimate of drug-likeness (QED) is 0.798. The molecule has 1 heterocycles. The van der Waals surface area contributed by atoms with Crippen molar-refractivity contribution in [3.8, 4) is 0 Å². The molecule has 1 amide bonds. The molecule has 1 saturated carbocycles. The van der Waals surface area contributed by atoms with Crippen molar-refractivity contribution in [3.05, 3.63) is 18.7 Å². The molecule has 17 heavy (non-hydrogen) atoms. The van der Waals surface area contributed by atoms with Gasteiger partial charge in [-0.05, 0) is 25.7 Å². The van der Waals surface area contributed by atoms with Gasteiger partial charge in [0, 0.05) is 31.5 Å². The van der Waals surface area contributed by atoms with Crippen molar-refractivity contribution < 1.29 is 9.90 Å². The SMILES string of the molecule is O=C(CCCO)NC1CCCC1n1ccnc1. The Kier molecular flexibility index (Phi) is 4.14. The summed E-state index contributed by atoms with van der Waals surface area (Å²) in [5.74, 6) is 0.0380. The van der Waals surface area contributed by atoms with E-state index in [-0.39, 0.29) is 18.6 Å². The van der Waals surface area contributed by atoms with Crippen LogP contribution in [0, 0.1) is 0 Å². The summed E-state index contributed by atoms with van der Waals surface area (Å²) >= 11 is 0. The van der Waals surface area contributed by atoms with E-state index < -0.39 is 0 Å². The van der Waals surface area contributed by atoms with Gasteiger partial charge in [-0.15, -0.1) is 0 Å². The van der Waals surface area contributed by atoms with Crippen LogP contribution in [0.2, 0.25) is 0 Å². The van der Waals surface area contributed by atoms with Crippen LogP contribution in [0.1, 0.15) is 38.1 Å². The maximum absolute atomic E-state index is 11.6. The highest BCUT2D eigenvalue weighted by Gasteiger charge is 2.29. The van der Waals surface area contributed by atoms with Gasteiger partial charge < -0.3 is 15.0 Å². The second kappa shape index (κ2) is 5.82. The number of amides is 1. The van der Waals surface area contributed by atoms with Gasteiger partial charge in [0.25, 0.3) is 0 Å². The van der Waals surface area contributed by atoms with Gasteiger partial charge in [0.1, 0.15) is 0 Å². The van der Waals surface area contributed by atoms with Gasteiger partial charge in [0.15, 0.2) is 0 Å². The highest BCUT2D eigenvalue weighted by molar-refractivity contribution is 5.76. The number of aliphatic hydroxyl groups excluding tert-OH is 1. The lowest BCUT2D eigenvalue weighted by Gasteiger charge is -2.22. The number of rotatable bonds is 5. The number of aliphatic hydroxyl groups is 1. The number of hydrogen-bond donors (Lipinski definition) is 2. The van der Waals surface area contributed by atoms with Crippen molar-refractivity contribution in [1.29, 1.82) is 0 Å². The number of aromatic nitrogens is 2. The Morgan fingerprint density at radius 1 is 1.53 bits per heavy atom. The van der Waals surface area contributed by atoms with Gasteiger partial charge in [-0.25, -0.2) is 4.98 Å². The molecule has 2 rings (SSSR count). The third-order valence-electron chi connectivity index (χ3n) is 3.30. The lowest BCUT2D eigenvalue weighted by molar-refractivity contribution is -0.122. The fourth-order valence-electron chi connectivity index (χ4n) is 2.45. The monoisotopic (exact) mass is 237 g/mol. The van der Waals surface area contributed by atoms with Crippen molar-refractivity contribution in [3.63, 3.8) is 0 Å². The van der Waals surface area contributed by atoms with Crippen LogP contribution in [-0.4, -0.2) is 33.2 Å². The summed E-state index contributed by atoms with van der Waals surface area (Å²) in [6.07, 6.45) is 9.70. The first-order valence-corrected chi connectivity index (χ1v) is 6.19. The molecular weight excluding hydrogens is 218 g/mol. The second-order valence-electron chi connectivity index (χ2n) is 4.51. The highest BCUT2D eigenvalue weighted by atomic mass is 16.3. The average Bonchev–Trinajstić information content (AvgIpc) is 2.95. The van der Waals surface area contributed by atoms with E-state index >= 15 is 0 Å². The lowest BCUT2D eigenvalue weighted by atomic mass is 10.1. The first-order valence-electron chi connectivity index (χ1n) is 6.19. The summed E-state index contributed by atoms with van der Waals surface area (Å²) in [6.45, 7) is 0.0725. The Hall–Kier alpha value is -1.36. The first-order chi connectivity index (χ1) is 8.31. The zero-order valence-corrected chi connectivity index (χ0v) is 9.88. The zero-order valence-electron chi connectivity index (χ0n) is 9.88. The molecule has 0 bridgehead atoms. The first kappa shape index (κ1) is 12.1. The van der Waals surface area contributed by atoms with Crippen LogP contribution in [0.3, 0.4) is 0 Å². The minimum Gasteiger partial charge on any atom is -0.396 e. The number of hydrogen-bond acceptors (Lipinski definition) is 3. The molecule has 2 atom stereocenters. The van der Waals surface area contributed by atoms with E-state index in [9.17, 15) is 4.79 Å². The van der Waals surface area contributed by atoms with Crippen molar-refractivity contribution >= 4 is 5.91 Å². The topological polar surface area (TPSA) is 67.2 Å². The Morgan fingerprint density at radius 3 is 3.12 bits per heavy atom. The molecule has 1 fully saturated rings. The molecule has 2 N–H and O–H groups in total. The highest BCUT2D eigenvalue weighted by Crippen LogP contribution is 2.29. The van der Waals surface area contributed by atoms with E-state index in [4.69, 9.17) is 5.11 Å². The fraction of sp³-hybridized carbons (Fsp3) is 0.667. The van der Waals surface area contributed by atoms with Crippen molar-refractivity contribution in [1.82, 2.24) is 14.9 Å². The van der Waals surface area contributed by atoms with E-state index in [0.29, 0.717) is 18.9 Å². The molecule has 1 aliphatic carbocycles. The van der Waals surface area contributed by atoms with E-state index in [2.05, 4.69) is 14.9 Å². The largest absolute Gasteiger partial charge is 0.396 e. The molecule has 5 nitrogen and oxygen atoms in total. The molecule has 0 aromatic carbocycles. The minimum atomic E-state index is 0.0380. The maximum atomic E-state index is 11.6. The number of carbonyl (C=O) groups excluding carboxylic acids is 1. The van der Waals surface area contributed by atoms with Gasteiger partial charge in [-0.3, -0.25) is 4.79 Å². The maximum Gasteiger partial charge on any atom is 0.220 e. The molecule has 2 unspecified atom stereocenters. The predicted molar refractivity (Wildman–Crippen MR) is 63.4 cm³/mol. The van der Waals surface area contributed by atoms with E-state index in [1.807, 2.05) is 12.5 Å². The minimum absolute atomic E-state index is 0.0380. The normalized spacial score (nSPS) is 23.8. The number of nitrogens with one attached hydrogen (secondary N) is 1. The molecule has 94 valence electrons. The standard InChI is InChI=1S/C12H19N3O2/c16-8-2-5-12(17)14-10-3-1-4-11(10)15-7-6-13-9-15/h6-7,9-11,16H,1-5,8H2,(H,14,17). The fourth-order valence-corrected chi connectivity index (χ4v) is 2.45. The molecular formula is C12H19N3O2. The van der Waals surface area contributed by atoms with E-state index in [0.717, 1.165) is 19.3 Å². The summed E-state index contributed by atoms with van der Waals surface area (Å²) < 4.78 is 2.07. The van der Waals surface area contributed by atoms with Crippen LogP contribution in [0.25, 0.3) is 0 Å². The van der Waals surface area contributed by atoms with Gasteiger partial charge in [-0.1, -0.05) is 0 Å². The molecule has 0 saturated heterocycles. The lowest BCUT2D eigenvalue weighted by Crippen LogP contribution is -2.38. The van der Waals surface area contributed by atoms with E-state index in [1.165, 1.54) is 0 Å². The summed E-state index contributed by atoms with van der Waals surface area (Å²) in [6, 6.07) is 0.533. The molecule has 5 heteroatoms. The van der Waals surface area contributed by atoms with Crippen molar-refractivity contribution in [2.45, 2.75) is 44.2 Å².